The molecule has 2 heterocycles. The summed E-state index contributed by atoms with van der Waals surface area (Å²) in [6.45, 7) is 0.109. The van der Waals surface area contributed by atoms with Gasteiger partial charge >= 0.3 is 6.03 Å². The summed E-state index contributed by atoms with van der Waals surface area (Å²) in [6.07, 6.45) is 7.48. The highest BCUT2D eigenvalue weighted by Gasteiger charge is 2.07. The fourth-order valence-corrected chi connectivity index (χ4v) is 1.31. The lowest BCUT2D eigenvalue weighted by Gasteiger charge is -2.01. The number of carbonyl (C=O) groups excluding carboxylic acids is 2. The Morgan fingerprint density at radius 2 is 2.28 bits per heavy atom. The van der Waals surface area contributed by atoms with E-state index in [1.165, 1.54) is 34.2 Å². The van der Waals surface area contributed by atoms with Crippen molar-refractivity contribution in [2.24, 2.45) is 0 Å². The van der Waals surface area contributed by atoms with Crippen molar-refractivity contribution < 1.29 is 9.59 Å². The first-order chi connectivity index (χ1) is 8.69. The van der Waals surface area contributed by atoms with E-state index in [0.29, 0.717) is 5.69 Å². The van der Waals surface area contributed by atoms with Crippen LogP contribution in [0.1, 0.15) is 0 Å². The van der Waals surface area contributed by atoms with Gasteiger partial charge in [0.1, 0.15) is 12.9 Å². The Labute approximate surface area is 103 Å². The molecule has 2 aromatic heterocycles. The Hall–Kier alpha value is -2.64. The van der Waals surface area contributed by atoms with Crippen LogP contribution in [0.2, 0.25) is 0 Å². The summed E-state index contributed by atoms with van der Waals surface area (Å²) >= 11 is 0. The van der Waals surface area contributed by atoms with Crippen molar-refractivity contribution in [2.75, 3.05) is 12.4 Å². The van der Waals surface area contributed by atoms with Gasteiger partial charge in [0, 0.05) is 25.6 Å². The Morgan fingerprint density at radius 1 is 1.44 bits per heavy atom. The van der Waals surface area contributed by atoms with E-state index in [4.69, 9.17) is 0 Å². The number of rotatable bonds is 3. The molecular formula is C10H12N6O2. The Bertz CT molecular complexity index is 544. The molecule has 2 amide bonds. The van der Waals surface area contributed by atoms with Gasteiger partial charge in [0.15, 0.2) is 0 Å². The minimum atomic E-state index is -0.341. The summed E-state index contributed by atoms with van der Waals surface area (Å²) in [5.74, 6) is -0.161. The Morgan fingerprint density at radius 3 is 2.94 bits per heavy atom. The average molecular weight is 248 g/mol. The molecule has 0 aliphatic rings. The lowest BCUT2D eigenvalue weighted by Crippen LogP contribution is -2.23. The fourth-order valence-electron chi connectivity index (χ4n) is 1.31. The smallest absolute Gasteiger partial charge is 0.331 e. The summed E-state index contributed by atoms with van der Waals surface area (Å²) in [6, 6.07) is -0.341. The zero-order chi connectivity index (χ0) is 13.0. The summed E-state index contributed by atoms with van der Waals surface area (Å²) in [7, 11) is 1.55. The summed E-state index contributed by atoms with van der Waals surface area (Å²) in [5, 5.41) is 9.07. The molecule has 18 heavy (non-hydrogen) atoms. The van der Waals surface area contributed by atoms with Gasteiger partial charge in [-0.2, -0.15) is 5.10 Å². The van der Waals surface area contributed by atoms with E-state index >= 15 is 0 Å². The molecule has 8 heteroatoms. The van der Waals surface area contributed by atoms with Gasteiger partial charge in [0.25, 0.3) is 0 Å². The molecule has 2 rings (SSSR count). The number of nitrogens with one attached hydrogen (secondary N) is 2. The van der Waals surface area contributed by atoms with Crippen LogP contribution in [-0.4, -0.2) is 38.3 Å². The van der Waals surface area contributed by atoms with Crippen molar-refractivity contribution in [3.63, 3.8) is 0 Å². The Balaban J connectivity index is 1.98. The van der Waals surface area contributed by atoms with Gasteiger partial charge in [0.2, 0.25) is 5.91 Å². The zero-order valence-electron chi connectivity index (χ0n) is 9.70. The second kappa shape index (κ2) is 5.13. The lowest BCUT2D eigenvalue weighted by atomic mass is 10.5. The summed E-state index contributed by atoms with van der Waals surface area (Å²) in [4.78, 5) is 26.6. The largest absolute Gasteiger partial charge is 0.358 e. The molecule has 0 aromatic carbocycles. The molecule has 0 saturated carbocycles. The maximum absolute atomic E-state index is 11.7. The van der Waals surface area contributed by atoms with Crippen LogP contribution in [0.25, 0.3) is 0 Å². The van der Waals surface area contributed by atoms with Crippen LogP contribution in [0.5, 0.6) is 0 Å². The quantitative estimate of drug-likeness (QED) is 0.793. The highest BCUT2D eigenvalue weighted by Crippen LogP contribution is 2.05. The van der Waals surface area contributed by atoms with Crippen LogP contribution in [-0.2, 0) is 11.3 Å². The topological polar surface area (TPSA) is 93.8 Å². The van der Waals surface area contributed by atoms with E-state index in [1.54, 1.807) is 13.2 Å². The summed E-state index contributed by atoms with van der Waals surface area (Å²) < 4.78 is 2.73. The molecule has 0 aliphatic heterocycles. The Kier molecular flexibility index (Phi) is 3.37. The van der Waals surface area contributed by atoms with Gasteiger partial charge in [-0.1, -0.05) is 0 Å². The molecular weight excluding hydrogens is 236 g/mol. The zero-order valence-corrected chi connectivity index (χ0v) is 9.70. The number of carbonyl (C=O) groups is 2. The van der Waals surface area contributed by atoms with E-state index < -0.39 is 0 Å². The van der Waals surface area contributed by atoms with Crippen molar-refractivity contribution in [3.05, 3.63) is 31.1 Å². The molecule has 2 aromatic rings. The molecule has 0 saturated heterocycles. The highest BCUT2D eigenvalue weighted by molar-refractivity contribution is 5.90. The normalized spacial score (nSPS) is 10.1. The number of aromatic nitrogens is 4. The number of anilines is 1. The molecule has 94 valence electrons. The third-order valence-corrected chi connectivity index (χ3v) is 2.21. The minimum absolute atomic E-state index is 0.109. The first-order valence-electron chi connectivity index (χ1n) is 5.21. The molecule has 0 atom stereocenters. The van der Waals surface area contributed by atoms with Crippen LogP contribution >= 0.6 is 0 Å². The van der Waals surface area contributed by atoms with Gasteiger partial charge < -0.3 is 10.6 Å². The van der Waals surface area contributed by atoms with Gasteiger partial charge in [-0.15, -0.1) is 0 Å². The maximum Gasteiger partial charge on any atom is 0.331 e. The van der Waals surface area contributed by atoms with E-state index in [9.17, 15) is 9.59 Å². The minimum Gasteiger partial charge on any atom is -0.358 e. The lowest BCUT2D eigenvalue weighted by molar-refractivity contribution is -0.121. The molecule has 8 nitrogen and oxygen atoms in total. The predicted molar refractivity (Wildman–Crippen MR) is 62.9 cm³/mol. The van der Waals surface area contributed by atoms with Crippen molar-refractivity contribution >= 4 is 17.6 Å². The second-order valence-corrected chi connectivity index (χ2v) is 3.50. The van der Waals surface area contributed by atoms with Crippen LogP contribution in [0, 0.1) is 0 Å². The molecule has 0 fully saturated rings. The molecule has 0 radical (unpaired) electrons. The number of imidazole rings is 1. The fraction of sp³-hybridized carbons (Fsp3) is 0.200. The van der Waals surface area contributed by atoms with Crippen LogP contribution in [0.4, 0.5) is 10.5 Å². The van der Waals surface area contributed by atoms with Crippen LogP contribution < -0.4 is 10.6 Å². The first kappa shape index (κ1) is 11.8. The molecule has 2 N–H and O–H groups in total. The predicted octanol–water partition coefficient (Wildman–Crippen LogP) is -0.0942. The van der Waals surface area contributed by atoms with Crippen molar-refractivity contribution in [1.82, 2.24) is 24.6 Å². The third-order valence-electron chi connectivity index (χ3n) is 2.21. The van der Waals surface area contributed by atoms with E-state index in [2.05, 4.69) is 20.7 Å². The van der Waals surface area contributed by atoms with Crippen molar-refractivity contribution in [2.45, 2.75) is 6.54 Å². The number of likely N-dealkylation sites (N-methyl/N-ethyl adjacent to an activating group) is 1. The number of nitrogens with zero attached hydrogens (tertiary/aromatic N) is 4. The molecule has 0 unspecified atom stereocenters. The second-order valence-electron chi connectivity index (χ2n) is 3.50. The van der Waals surface area contributed by atoms with Gasteiger partial charge in [-0.25, -0.2) is 9.78 Å². The van der Waals surface area contributed by atoms with Crippen LogP contribution in [0.15, 0.2) is 31.1 Å². The van der Waals surface area contributed by atoms with Crippen LogP contribution in [0.3, 0.4) is 0 Å². The first-order valence-corrected chi connectivity index (χ1v) is 5.21. The van der Waals surface area contributed by atoms with E-state index in [0.717, 1.165) is 0 Å². The van der Waals surface area contributed by atoms with Crippen molar-refractivity contribution in [3.8, 4) is 0 Å². The molecule has 0 bridgehead atoms. The number of amides is 2. The van der Waals surface area contributed by atoms with Gasteiger partial charge in [-0.3, -0.25) is 14.0 Å². The van der Waals surface area contributed by atoms with Crippen molar-refractivity contribution in [1.29, 1.82) is 0 Å². The third kappa shape index (κ3) is 2.73. The number of hydrogen-bond donors (Lipinski definition) is 2. The molecule has 0 spiro atoms. The van der Waals surface area contributed by atoms with E-state index in [1.807, 2.05) is 0 Å². The van der Waals surface area contributed by atoms with Gasteiger partial charge in [-0.05, 0) is 0 Å². The molecule has 0 aliphatic carbocycles. The summed E-state index contributed by atoms with van der Waals surface area (Å²) in [5.41, 5.74) is 0.512. The SMILES string of the molecule is CNC(=O)Cn1cc(NC(=O)n2ccnc2)cn1. The monoisotopic (exact) mass is 248 g/mol. The van der Waals surface area contributed by atoms with E-state index in [-0.39, 0.29) is 18.5 Å². The highest BCUT2D eigenvalue weighted by atomic mass is 16.2. The number of hydrogen-bond acceptors (Lipinski definition) is 4. The maximum atomic E-state index is 11.7. The standard InChI is InChI=1S/C10H12N6O2/c1-11-9(17)6-16-5-8(4-13-16)14-10(18)15-3-2-12-7-15/h2-5,7H,6H2,1H3,(H,11,17)(H,14,18). The average Bonchev–Trinajstić information content (AvgIpc) is 3.00. The van der Waals surface area contributed by atoms with Gasteiger partial charge in [0.05, 0.1) is 11.9 Å².